The van der Waals surface area contributed by atoms with E-state index < -0.39 is 0 Å². The molecule has 0 atom stereocenters. The van der Waals surface area contributed by atoms with E-state index in [0.717, 1.165) is 44.8 Å². The fraction of sp³-hybridized carbons (Fsp3) is 0.733. The van der Waals surface area contributed by atoms with Crippen LogP contribution in [0.15, 0.2) is 12.4 Å². The van der Waals surface area contributed by atoms with E-state index in [-0.39, 0.29) is 24.8 Å². The Hall–Kier alpha value is -0.620. The second-order valence-corrected chi connectivity index (χ2v) is 6.35. The van der Waals surface area contributed by atoms with Gasteiger partial charge in [-0.1, -0.05) is 0 Å². The van der Waals surface area contributed by atoms with Crippen molar-refractivity contribution in [2.24, 2.45) is 5.73 Å². The number of anilines is 1. The number of hydrogen-bond donors (Lipinski definition) is 1. The minimum Gasteiger partial charge on any atom is -0.354 e. The molecule has 1 saturated heterocycles. The second-order valence-electron chi connectivity index (χ2n) is 6.35. The van der Waals surface area contributed by atoms with E-state index in [1.807, 2.05) is 0 Å². The van der Waals surface area contributed by atoms with Crippen molar-refractivity contribution in [2.75, 3.05) is 31.1 Å². The molecule has 5 nitrogen and oxygen atoms in total. The van der Waals surface area contributed by atoms with Crippen molar-refractivity contribution in [3.8, 4) is 0 Å². The first-order valence-electron chi connectivity index (χ1n) is 7.70. The van der Waals surface area contributed by atoms with E-state index in [4.69, 9.17) is 5.73 Å². The summed E-state index contributed by atoms with van der Waals surface area (Å²) in [7, 11) is 0. The molecule has 2 aliphatic rings. The molecule has 0 aromatic carbocycles. The van der Waals surface area contributed by atoms with E-state index in [0.29, 0.717) is 18.0 Å². The molecule has 2 heterocycles. The average Bonchev–Trinajstić information content (AvgIpc) is 2.44. The first kappa shape index (κ1) is 19.4. The van der Waals surface area contributed by atoms with Crippen molar-refractivity contribution in [3.05, 3.63) is 18.1 Å². The van der Waals surface area contributed by atoms with Gasteiger partial charge in [0, 0.05) is 55.9 Å². The van der Waals surface area contributed by atoms with Gasteiger partial charge in [0.1, 0.15) is 12.1 Å². The van der Waals surface area contributed by atoms with Crippen LogP contribution in [0.4, 0.5) is 5.82 Å². The molecule has 22 heavy (non-hydrogen) atoms. The van der Waals surface area contributed by atoms with Crippen LogP contribution in [0.25, 0.3) is 0 Å². The molecule has 1 aliphatic heterocycles. The molecule has 0 radical (unpaired) electrons. The molecule has 0 amide bonds. The lowest BCUT2D eigenvalue weighted by atomic mass is 9.78. The highest BCUT2D eigenvalue weighted by Gasteiger charge is 2.29. The summed E-state index contributed by atoms with van der Waals surface area (Å²) in [5, 5.41) is 0. The summed E-state index contributed by atoms with van der Waals surface area (Å²) in [4.78, 5) is 13.8. The Morgan fingerprint density at radius 3 is 2.27 bits per heavy atom. The Balaban J connectivity index is 0.00000121. The molecule has 0 spiro atoms. The van der Waals surface area contributed by atoms with Crippen LogP contribution < -0.4 is 10.6 Å². The lowest BCUT2D eigenvalue weighted by Gasteiger charge is -2.38. The number of nitrogens with two attached hydrogens (primary N) is 1. The van der Waals surface area contributed by atoms with Crippen LogP contribution in [0.2, 0.25) is 0 Å². The maximum Gasteiger partial charge on any atom is 0.132 e. The SMILES string of the molecule is CC(C)N1CCN(c2cc(C3CC(N)C3)ncn2)CC1.Cl.Cl. The first-order valence-corrected chi connectivity index (χ1v) is 7.70. The minimum absolute atomic E-state index is 0. The molecule has 1 aliphatic carbocycles. The van der Waals surface area contributed by atoms with Crippen molar-refractivity contribution in [1.82, 2.24) is 14.9 Å². The van der Waals surface area contributed by atoms with Crippen LogP contribution in [0.5, 0.6) is 0 Å². The molecule has 1 aromatic heterocycles. The lowest BCUT2D eigenvalue weighted by molar-refractivity contribution is 0.209. The van der Waals surface area contributed by atoms with Crippen LogP contribution in [0.3, 0.4) is 0 Å². The van der Waals surface area contributed by atoms with Crippen LogP contribution in [0, 0.1) is 0 Å². The Bertz CT molecular complexity index is 457. The summed E-state index contributed by atoms with van der Waals surface area (Å²) in [6.07, 6.45) is 3.85. The highest BCUT2D eigenvalue weighted by atomic mass is 35.5. The van der Waals surface area contributed by atoms with Crippen LogP contribution >= 0.6 is 24.8 Å². The van der Waals surface area contributed by atoms with Crippen molar-refractivity contribution in [2.45, 2.75) is 44.7 Å². The van der Waals surface area contributed by atoms with Crippen LogP contribution in [-0.4, -0.2) is 53.1 Å². The first-order chi connectivity index (χ1) is 9.63. The van der Waals surface area contributed by atoms with Crippen molar-refractivity contribution in [3.63, 3.8) is 0 Å². The molecule has 0 unspecified atom stereocenters. The Morgan fingerprint density at radius 1 is 1.09 bits per heavy atom. The third-order valence-electron chi connectivity index (χ3n) is 4.64. The number of piperazine rings is 1. The highest BCUT2D eigenvalue weighted by molar-refractivity contribution is 5.85. The maximum absolute atomic E-state index is 5.87. The molecule has 2 fully saturated rings. The molecule has 3 rings (SSSR count). The highest BCUT2D eigenvalue weighted by Crippen LogP contribution is 2.35. The smallest absolute Gasteiger partial charge is 0.132 e. The van der Waals surface area contributed by atoms with E-state index in [1.54, 1.807) is 6.33 Å². The topological polar surface area (TPSA) is 58.3 Å². The number of hydrogen-bond acceptors (Lipinski definition) is 5. The van der Waals surface area contributed by atoms with Gasteiger partial charge >= 0.3 is 0 Å². The van der Waals surface area contributed by atoms with Crippen molar-refractivity contribution >= 4 is 30.6 Å². The summed E-state index contributed by atoms with van der Waals surface area (Å²) < 4.78 is 0. The predicted octanol–water partition coefficient (Wildman–Crippen LogP) is 2.06. The second kappa shape index (κ2) is 8.29. The van der Waals surface area contributed by atoms with Gasteiger partial charge in [0.25, 0.3) is 0 Å². The fourth-order valence-corrected chi connectivity index (χ4v) is 3.13. The van der Waals surface area contributed by atoms with Crippen molar-refractivity contribution < 1.29 is 0 Å². The standard InChI is InChI=1S/C15H25N5.2ClH/c1-11(2)19-3-5-20(6-4-19)15-9-14(17-10-18-15)12-7-13(16)8-12;;/h9-13H,3-8,16H2,1-2H3;2*1H. The van der Waals surface area contributed by atoms with E-state index >= 15 is 0 Å². The van der Waals surface area contributed by atoms with E-state index in [2.05, 4.69) is 39.7 Å². The Labute approximate surface area is 145 Å². The van der Waals surface area contributed by atoms with Gasteiger partial charge in [0.2, 0.25) is 0 Å². The number of halogens is 2. The summed E-state index contributed by atoms with van der Waals surface area (Å²) >= 11 is 0. The van der Waals surface area contributed by atoms with E-state index in [9.17, 15) is 0 Å². The molecule has 7 heteroatoms. The third kappa shape index (κ3) is 4.22. The minimum atomic E-state index is 0. The van der Waals surface area contributed by atoms with Gasteiger partial charge in [-0.2, -0.15) is 0 Å². The normalized spacial score (nSPS) is 25.2. The van der Waals surface area contributed by atoms with Gasteiger partial charge in [-0.15, -0.1) is 24.8 Å². The van der Waals surface area contributed by atoms with Gasteiger partial charge in [-0.25, -0.2) is 9.97 Å². The Morgan fingerprint density at radius 2 is 1.73 bits per heavy atom. The lowest BCUT2D eigenvalue weighted by Crippen LogP contribution is -2.49. The molecule has 0 bridgehead atoms. The van der Waals surface area contributed by atoms with Gasteiger partial charge < -0.3 is 10.6 Å². The van der Waals surface area contributed by atoms with Crippen molar-refractivity contribution in [1.29, 1.82) is 0 Å². The molecular weight excluding hydrogens is 321 g/mol. The van der Waals surface area contributed by atoms with Crippen LogP contribution in [-0.2, 0) is 0 Å². The predicted molar refractivity (Wildman–Crippen MR) is 95.4 cm³/mol. The molecule has 1 aromatic rings. The molecule has 126 valence electrons. The molecular formula is C15H27Cl2N5. The number of nitrogens with zero attached hydrogens (tertiary/aromatic N) is 4. The summed E-state index contributed by atoms with van der Waals surface area (Å²) in [6, 6.07) is 3.17. The number of aromatic nitrogens is 2. The quantitative estimate of drug-likeness (QED) is 0.906. The van der Waals surface area contributed by atoms with Gasteiger partial charge in [-0.05, 0) is 26.7 Å². The van der Waals surface area contributed by atoms with Crippen LogP contribution in [0.1, 0.15) is 38.3 Å². The zero-order valence-corrected chi connectivity index (χ0v) is 14.9. The monoisotopic (exact) mass is 347 g/mol. The molecule has 1 saturated carbocycles. The Kier molecular flexibility index (Phi) is 7.32. The van der Waals surface area contributed by atoms with Gasteiger partial charge in [0.05, 0.1) is 0 Å². The summed E-state index contributed by atoms with van der Waals surface area (Å²) in [6.45, 7) is 8.87. The maximum atomic E-state index is 5.87. The zero-order valence-electron chi connectivity index (χ0n) is 13.3. The van der Waals surface area contributed by atoms with Gasteiger partial charge in [-0.3, -0.25) is 4.90 Å². The summed E-state index contributed by atoms with van der Waals surface area (Å²) in [5.41, 5.74) is 7.04. The summed E-state index contributed by atoms with van der Waals surface area (Å²) in [5.74, 6) is 1.63. The molecule has 2 N–H and O–H groups in total. The average molecular weight is 348 g/mol. The number of rotatable bonds is 3. The van der Waals surface area contributed by atoms with E-state index in [1.165, 1.54) is 5.69 Å². The zero-order chi connectivity index (χ0) is 14.1. The largest absolute Gasteiger partial charge is 0.354 e. The third-order valence-corrected chi connectivity index (χ3v) is 4.64. The van der Waals surface area contributed by atoms with Gasteiger partial charge in [0.15, 0.2) is 0 Å². The fourth-order valence-electron chi connectivity index (χ4n) is 3.13.